The molecule has 0 amide bonds. The third-order valence-corrected chi connectivity index (χ3v) is 2.54. The summed E-state index contributed by atoms with van der Waals surface area (Å²) in [6.07, 6.45) is 1.69. The van der Waals surface area contributed by atoms with Crippen molar-refractivity contribution in [2.24, 2.45) is 0 Å². The van der Waals surface area contributed by atoms with Crippen LogP contribution in [0, 0.1) is 0 Å². The first-order valence-corrected chi connectivity index (χ1v) is 5.33. The van der Waals surface area contributed by atoms with Crippen molar-refractivity contribution in [2.75, 3.05) is 7.11 Å². The average molecular weight is 227 g/mol. The van der Waals surface area contributed by atoms with Gasteiger partial charge >= 0.3 is 0 Å². The number of Topliss-reactive ketones (excluding diaryl/α,β-unsaturated/α-hetero) is 1. The Morgan fingerprint density at radius 2 is 1.94 bits per heavy atom. The summed E-state index contributed by atoms with van der Waals surface area (Å²) in [4.78, 5) is 15.3. The third-order valence-electron chi connectivity index (χ3n) is 2.54. The van der Waals surface area contributed by atoms with Gasteiger partial charge in [0.25, 0.3) is 0 Å². The van der Waals surface area contributed by atoms with Crippen LogP contribution in [0.1, 0.15) is 17.4 Å². The monoisotopic (exact) mass is 227 g/mol. The quantitative estimate of drug-likeness (QED) is 0.757. The molecule has 0 aliphatic heterocycles. The summed E-state index contributed by atoms with van der Waals surface area (Å²) in [6.45, 7) is 1.51. The highest BCUT2D eigenvalue weighted by Crippen LogP contribution is 2.28. The minimum Gasteiger partial charge on any atom is -0.496 e. The highest BCUT2D eigenvalue weighted by molar-refractivity contribution is 5.92. The number of pyridine rings is 1. The van der Waals surface area contributed by atoms with Crippen molar-refractivity contribution in [1.82, 2.24) is 4.98 Å². The molecule has 0 spiro atoms. The average Bonchev–Trinajstić information content (AvgIpc) is 2.39. The Kier molecular flexibility index (Phi) is 3.19. The molecular weight excluding hydrogens is 214 g/mol. The van der Waals surface area contributed by atoms with Crippen molar-refractivity contribution in [3.8, 4) is 16.9 Å². The molecule has 0 unspecified atom stereocenters. The Hall–Kier alpha value is -2.16. The van der Waals surface area contributed by atoms with Gasteiger partial charge < -0.3 is 4.74 Å². The van der Waals surface area contributed by atoms with Gasteiger partial charge in [0.1, 0.15) is 11.4 Å². The van der Waals surface area contributed by atoms with Gasteiger partial charge in [-0.05, 0) is 12.1 Å². The summed E-state index contributed by atoms with van der Waals surface area (Å²) in [5.41, 5.74) is 2.38. The zero-order valence-electron chi connectivity index (χ0n) is 9.81. The van der Waals surface area contributed by atoms with E-state index in [-0.39, 0.29) is 5.78 Å². The second-order valence-corrected chi connectivity index (χ2v) is 3.69. The largest absolute Gasteiger partial charge is 0.496 e. The van der Waals surface area contributed by atoms with E-state index in [1.54, 1.807) is 19.4 Å². The van der Waals surface area contributed by atoms with Crippen molar-refractivity contribution < 1.29 is 9.53 Å². The number of methoxy groups -OCH3 is 1. The first-order valence-electron chi connectivity index (χ1n) is 5.33. The number of para-hydroxylation sites is 1. The van der Waals surface area contributed by atoms with Crippen LogP contribution in [-0.4, -0.2) is 17.9 Å². The Morgan fingerprint density at radius 1 is 1.18 bits per heavy atom. The number of nitrogens with zero attached hydrogens (tertiary/aromatic N) is 1. The molecule has 3 heteroatoms. The van der Waals surface area contributed by atoms with Crippen molar-refractivity contribution in [2.45, 2.75) is 6.92 Å². The van der Waals surface area contributed by atoms with E-state index >= 15 is 0 Å². The number of aromatic nitrogens is 1. The molecule has 0 aliphatic carbocycles. The van der Waals surface area contributed by atoms with E-state index in [0.717, 1.165) is 16.9 Å². The molecule has 0 aliphatic rings. The molecule has 1 aromatic heterocycles. The smallest absolute Gasteiger partial charge is 0.178 e. The molecule has 2 rings (SSSR count). The van der Waals surface area contributed by atoms with E-state index in [1.165, 1.54) is 6.92 Å². The van der Waals surface area contributed by atoms with E-state index < -0.39 is 0 Å². The zero-order chi connectivity index (χ0) is 12.3. The highest BCUT2D eigenvalue weighted by Gasteiger charge is 2.06. The second kappa shape index (κ2) is 4.78. The first-order chi connectivity index (χ1) is 8.22. The summed E-state index contributed by atoms with van der Waals surface area (Å²) in [5, 5.41) is 0. The molecule has 0 N–H and O–H groups in total. The van der Waals surface area contributed by atoms with Crippen molar-refractivity contribution in [1.29, 1.82) is 0 Å². The van der Waals surface area contributed by atoms with Gasteiger partial charge in [0, 0.05) is 24.2 Å². The predicted molar refractivity (Wildman–Crippen MR) is 66.2 cm³/mol. The standard InChI is InChI=1S/C14H13NO2/c1-10(16)13-8-7-11(9-15-13)12-5-3-4-6-14(12)17-2/h3-9H,1-2H3. The summed E-state index contributed by atoms with van der Waals surface area (Å²) in [7, 11) is 1.64. The van der Waals surface area contributed by atoms with Gasteiger partial charge in [-0.3, -0.25) is 9.78 Å². The van der Waals surface area contributed by atoms with Gasteiger partial charge in [-0.2, -0.15) is 0 Å². The van der Waals surface area contributed by atoms with Crippen molar-refractivity contribution >= 4 is 5.78 Å². The molecule has 0 fully saturated rings. The maximum absolute atomic E-state index is 11.1. The van der Waals surface area contributed by atoms with Crippen LogP contribution in [0.4, 0.5) is 0 Å². The normalized spacial score (nSPS) is 10.0. The van der Waals surface area contributed by atoms with E-state index in [2.05, 4.69) is 4.98 Å². The predicted octanol–water partition coefficient (Wildman–Crippen LogP) is 2.96. The van der Waals surface area contributed by atoms with Crippen molar-refractivity contribution in [3.05, 3.63) is 48.3 Å². The Morgan fingerprint density at radius 3 is 2.53 bits per heavy atom. The summed E-state index contributed by atoms with van der Waals surface area (Å²) in [5.74, 6) is 0.765. The number of carbonyl (C=O) groups excluding carboxylic acids is 1. The first kappa shape index (κ1) is 11.3. The summed E-state index contributed by atoms with van der Waals surface area (Å²) < 4.78 is 5.28. The minimum atomic E-state index is -0.0309. The topological polar surface area (TPSA) is 39.2 Å². The molecule has 3 nitrogen and oxygen atoms in total. The van der Waals surface area contributed by atoms with Crippen LogP contribution < -0.4 is 4.74 Å². The van der Waals surface area contributed by atoms with Gasteiger partial charge in [0.05, 0.1) is 7.11 Å². The van der Waals surface area contributed by atoms with Crippen LogP contribution in [0.25, 0.3) is 11.1 Å². The lowest BCUT2D eigenvalue weighted by molar-refractivity contribution is 0.101. The van der Waals surface area contributed by atoms with E-state index in [4.69, 9.17) is 4.74 Å². The zero-order valence-corrected chi connectivity index (χ0v) is 9.81. The van der Waals surface area contributed by atoms with Crippen LogP contribution in [-0.2, 0) is 0 Å². The number of hydrogen-bond donors (Lipinski definition) is 0. The Bertz CT molecular complexity index is 532. The molecule has 1 heterocycles. The third kappa shape index (κ3) is 2.33. The molecule has 0 saturated carbocycles. The number of carbonyl (C=O) groups is 1. The molecule has 2 aromatic rings. The SMILES string of the molecule is COc1ccccc1-c1ccc(C(C)=O)nc1. The van der Waals surface area contributed by atoms with E-state index in [1.807, 2.05) is 30.3 Å². The van der Waals surface area contributed by atoms with Crippen molar-refractivity contribution in [3.63, 3.8) is 0 Å². The van der Waals surface area contributed by atoms with E-state index in [0.29, 0.717) is 5.69 Å². The van der Waals surface area contributed by atoms with Gasteiger partial charge in [0.2, 0.25) is 0 Å². The lowest BCUT2D eigenvalue weighted by atomic mass is 10.1. The van der Waals surface area contributed by atoms with Gasteiger partial charge in [0.15, 0.2) is 5.78 Å². The minimum absolute atomic E-state index is 0.0309. The van der Waals surface area contributed by atoms with Crippen LogP contribution in [0.15, 0.2) is 42.6 Å². The van der Waals surface area contributed by atoms with E-state index in [9.17, 15) is 4.79 Å². The fourth-order valence-electron chi connectivity index (χ4n) is 1.64. The molecule has 0 atom stereocenters. The highest BCUT2D eigenvalue weighted by atomic mass is 16.5. The second-order valence-electron chi connectivity index (χ2n) is 3.69. The van der Waals surface area contributed by atoms with Crippen LogP contribution in [0.5, 0.6) is 5.75 Å². The Labute approximate surface area is 100 Å². The molecule has 0 radical (unpaired) electrons. The number of rotatable bonds is 3. The van der Waals surface area contributed by atoms with Crippen LogP contribution in [0.2, 0.25) is 0 Å². The maximum Gasteiger partial charge on any atom is 0.178 e. The van der Waals surface area contributed by atoms with Gasteiger partial charge in [-0.25, -0.2) is 0 Å². The van der Waals surface area contributed by atoms with Crippen LogP contribution >= 0.6 is 0 Å². The molecule has 1 aromatic carbocycles. The lowest BCUT2D eigenvalue weighted by Gasteiger charge is -2.07. The van der Waals surface area contributed by atoms with Gasteiger partial charge in [-0.15, -0.1) is 0 Å². The summed E-state index contributed by atoms with van der Waals surface area (Å²) in [6, 6.07) is 11.3. The molecule has 86 valence electrons. The number of ether oxygens (including phenoxy) is 1. The number of hydrogen-bond acceptors (Lipinski definition) is 3. The number of ketones is 1. The Balaban J connectivity index is 2.43. The fraction of sp³-hybridized carbons (Fsp3) is 0.143. The lowest BCUT2D eigenvalue weighted by Crippen LogP contribution is -1.96. The van der Waals surface area contributed by atoms with Gasteiger partial charge in [-0.1, -0.05) is 24.3 Å². The molecule has 17 heavy (non-hydrogen) atoms. The molecule has 0 bridgehead atoms. The maximum atomic E-state index is 11.1. The summed E-state index contributed by atoms with van der Waals surface area (Å²) >= 11 is 0. The molecular formula is C14H13NO2. The molecule has 0 saturated heterocycles. The fourth-order valence-corrected chi connectivity index (χ4v) is 1.64. The van der Waals surface area contributed by atoms with Crippen LogP contribution in [0.3, 0.4) is 0 Å². The number of benzene rings is 1.